The van der Waals surface area contributed by atoms with Crippen molar-refractivity contribution in [2.45, 2.75) is 26.3 Å². The van der Waals surface area contributed by atoms with E-state index in [0.717, 1.165) is 5.56 Å². The van der Waals surface area contributed by atoms with Gasteiger partial charge in [0.2, 0.25) is 15.9 Å². The molecule has 1 atom stereocenters. The van der Waals surface area contributed by atoms with Gasteiger partial charge in [-0.2, -0.15) is 5.10 Å². The van der Waals surface area contributed by atoms with Crippen LogP contribution >= 0.6 is 0 Å². The molecule has 0 aliphatic carbocycles. The van der Waals surface area contributed by atoms with E-state index in [4.69, 9.17) is 0 Å². The molecule has 0 saturated heterocycles. The number of hydrogen-bond acceptors (Lipinski definition) is 4. The summed E-state index contributed by atoms with van der Waals surface area (Å²) in [6, 6.07) is 12.5. The molecule has 0 bridgehead atoms. The second kappa shape index (κ2) is 7.48. The highest BCUT2D eigenvalue weighted by Crippen LogP contribution is 2.34. The molecule has 1 amide bonds. The zero-order valence-corrected chi connectivity index (χ0v) is 15.8. The summed E-state index contributed by atoms with van der Waals surface area (Å²) in [7, 11) is -3.45. The van der Waals surface area contributed by atoms with Crippen LogP contribution in [0.15, 0.2) is 53.6 Å². The van der Waals surface area contributed by atoms with Crippen molar-refractivity contribution in [2.24, 2.45) is 5.10 Å². The van der Waals surface area contributed by atoms with E-state index in [1.807, 2.05) is 0 Å². The SMILES string of the molecule is CCS(=O)(=O)Nc1ccccc1C1=NN(C(C)=O)C(c2ccc(F)cc2)C1. The lowest BCUT2D eigenvalue weighted by Gasteiger charge is -2.20. The number of halogens is 1. The third-order valence-electron chi connectivity index (χ3n) is 4.37. The fourth-order valence-electron chi connectivity index (χ4n) is 2.97. The third kappa shape index (κ3) is 4.16. The van der Waals surface area contributed by atoms with Gasteiger partial charge in [0.05, 0.1) is 23.2 Å². The Bertz CT molecular complexity index is 988. The van der Waals surface area contributed by atoms with E-state index >= 15 is 0 Å². The number of anilines is 1. The van der Waals surface area contributed by atoms with Gasteiger partial charge in [-0.3, -0.25) is 9.52 Å². The molecule has 0 fully saturated rings. The molecule has 3 rings (SSSR count). The second-order valence-electron chi connectivity index (χ2n) is 6.23. The maximum atomic E-state index is 13.2. The molecule has 0 radical (unpaired) electrons. The van der Waals surface area contributed by atoms with E-state index < -0.39 is 10.0 Å². The highest BCUT2D eigenvalue weighted by Gasteiger charge is 2.32. The summed E-state index contributed by atoms with van der Waals surface area (Å²) >= 11 is 0. The number of carbonyl (C=O) groups is 1. The van der Waals surface area contributed by atoms with Crippen LogP contribution in [-0.2, 0) is 14.8 Å². The predicted molar refractivity (Wildman–Crippen MR) is 102 cm³/mol. The number of hydrogen-bond donors (Lipinski definition) is 1. The van der Waals surface area contributed by atoms with Gasteiger partial charge < -0.3 is 0 Å². The van der Waals surface area contributed by atoms with Crippen molar-refractivity contribution >= 4 is 27.3 Å². The molecular formula is C19H20FN3O3S. The van der Waals surface area contributed by atoms with Gasteiger partial charge in [-0.15, -0.1) is 0 Å². The monoisotopic (exact) mass is 389 g/mol. The molecule has 2 aromatic carbocycles. The summed E-state index contributed by atoms with van der Waals surface area (Å²) in [4.78, 5) is 12.1. The standard InChI is InChI=1S/C19H20FN3O3S/c1-3-27(25,26)22-17-7-5-4-6-16(17)18-12-19(23(21-18)13(2)24)14-8-10-15(20)11-9-14/h4-11,19,22H,3,12H2,1-2H3. The highest BCUT2D eigenvalue weighted by molar-refractivity contribution is 7.92. The Morgan fingerprint density at radius 3 is 2.52 bits per heavy atom. The lowest BCUT2D eigenvalue weighted by molar-refractivity contribution is -0.130. The zero-order valence-electron chi connectivity index (χ0n) is 15.0. The van der Waals surface area contributed by atoms with Gasteiger partial charge in [-0.1, -0.05) is 30.3 Å². The maximum Gasteiger partial charge on any atom is 0.240 e. The van der Waals surface area contributed by atoms with Gasteiger partial charge in [0.25, 0.3) is 0 Å². The van der Waals surface area contributed by atoms with E-state index in [1.165, 1.54) is 24.1 Å². The summed E-state index contributed by atoms with van der Waals surface area (Å²) < 4.78 is 39.7. The molecule has 1 N–H and O–H groups in total. The van der Waals surface area contributed by atoms with E-state index in [0.29, 0.717) is 23.4 Å². The molecule has 0 saturated carbocycles. The van der Waals surface area contributed by atoms with E-state index in [2.05, 4.69) is 9.82 Å². The van der Waals surface area contributed by atoms with Gasteiger partial charge in [0, 0.05) is 18.9 Å². The fraction of sp³-hybridized carbons (Fsp3) is 0.263. The summed E-state index contributed by atoms with van der Waals surface area (Å²) in [6.07, 6.45) is 0.399. The molecule has 1 aliphatic rings. The largest absolute Gasteiger partial charge is 0.283 e. The fourth-order valence-corrected chi connectivity index (χ4v) is 3.63. The topological polar surface area (TPSA) is 78.8 Å². The average Bonchev–Trinajstić information content (AvgIpc) is 3.08. The highest BCUT2D eigenvalue weighted by atomic mass is 32.2. The first-order valence-electron chi connectivity index (χ1n) is 8.53. The Kier molecular flexibility index (Phi) is 5.27. The smallest absolute Gasteiger partial charge is 0.240 e. The van der Waals surface area contributed by atoms with Crippen molar-refractivity contribution in [1.29, 1.82) is 0 Å². The van der Waals surface area contributed by atoms with Crippen molar-refractivity contribution < 1.29 is 17.6 Å². The van der Waals surface area contributed by atoms with Crippen LogP contribution in [0.2, 0.25) is 0 Å². The van der Waals surface area contributed by atoms with Crippen molar-refractivity contribution in [2.75, 3.05) is 10.5 Å². The van der Waals surface area contributed by atoms with E-state index in [9.17, 15) is 17.6 Å². The van der Waals surface area contributed by atoms with Crippen LogP contribution in [0, 0.1) is 5.82 Å². The third-order valence-corrected chi connectivity index (χ3v) is 5.66. The Hall–Kier alpha value is -2.74. The lowest BCUT2D eigenvalue weighted by Crippen LogP contribution is -2.24. The lowest BCUT2D eigenvalue weighted by atomic mass is 9.97. The Balaban J connectivity index is 1.97. The molecule has 142 valence electrons. The number of para-hydroxylation sites is 1. The van der Waals surface area contributed by atoms with Gasteiger partial charge >= 0.3 is 0 Å². The minimum Gasteiger partial charge on any atom is -0.283 e. The first-order valence-corrected chi connectivity index (χ1v) is 10.2. The number of carbonyl (C=O) groups excluding carboxylic acids is 1. The van der Waals surface area contributed by atoms with Crippen LogP contribution < -0.4 is 4.72 Å². The first-order chi connectivity index (χ1) is 12.8. The van der Waals surface area contributed by atoms with Crippen LogP contribution in [0.5, 0.6) is 0 Å². The molecular weight excluding hydrogens is 369 g/mol. The van der Waals surface area contributed by atoms with Crippen molar-refractivity contribution in [3.8, 4) is 0 Å². The quantitative estimate of drug-likeness (QED) is 0.852. The van der Waals surface area contributed by atoms with Crippen molar-refractivity contribution in [3.05, 3.63) is 65.5 Å². The van der Waals surface area contributed by atoms with Crippen LogP contribution in [0.3, 0.4) is 0 Å². The number of hydrazone groups is 1. The summed E-state index contributed by atoms with van der Waals surface area (Å²) in [5.41, 5.74) is 2.39. The van der Waals surface area contributed by atoms with E-state index in [-0.39, 0.29) is 23.5 Å². The van der Waals surface area contributed by atoms with Crippen LogP contribution in [-0.4, -0.2) is 30.8 Å². The summed E-state index contributed by atoms with van der Waals surface area (Å²) in [6.45, 7) is 2.97. The van der Waals surface area contributed by atoms with Crippen LogP contribution in [0.4, 0.5) is 10.1 Å². The van der Waals surface area contributed by atoms with Crippen molar-refractivity contribution in [1.82, 2.24) is 5.01 Å². The number of sulfonamides is 1. The number of nitrogens with zero attached hydrogens (tertiary/aromatic N) is 2. The molecule has 0 spiro atoms. The zero-order chi connectivity index (χ0) is 19.6. The molecule has 27 heavy (non-hydrogen) atoms. The molecule has 1 unspecified atom stereocenters. The molecule has 6 nitrogen and oxygen atoms in total. The van der Waals surface area contributed by atoms with Gasteiger partial charge in [0.15, 0.2) is 0 Å². The van der Waals surface area contributed by atoms with Crippen LogP contribution in [0.25, 0.3) is 0 Å². The molecule has 2 aromatic rings. The Morgan fingerprint density at radius 1 is 1.22 bits per heavy atom. The van der Waals surface area contributed by atoms with Gasteiger partial charge in [-0.05, 0) is 30.7 Å². The Labute approximate surface area is 157 Å². The van der Waals surface area contributed by atoms with Gasteiger partial charge in [-0.25, -0.2) is 17.8 Å². The molecule has 8 heteroatoms. The van der Waals surface area contributed by atoms with Gasteiger partial charge in [0.1, 0.15) is 5.82 Å². The number of rotatable bonds is 5. The normalized spacial score (nSPS) is 16.9. The maximum absolute atomic E-state index is 13.2. The first kappa shape index (κ1) is 19.0. The minimum absolute atomic E-state index is 0.0500. The summed E-state index contributed by atoms with van der Waals surface area (Å²) in [5.74, 6) is -0.650. The molecule has 1 aliphatic heterocycles. The van der Waals surface area contributed by atoms with E-state index in [1.54, 1.807) is 43.3 Å². The molecule has 1 heterocycles. The molecule has 0 aromatic heterocycles. The summed E-state index contributed by atoms with van der Waals surface area (Å²) in [5, 5.41) is 5.78. The minimum atomic E-state index is -3.45. The van der Waals surface area contributed by atoms with Crippen LogP contribution in [0.1, 0.15) is 37.4 Å². The number of nitrogens with one attached hydrogen (secondary N) is 1. The Morgan fingerprint density at radius 2 is 1.89 bits per heavy atom. The second-order valence-corrected chi connectivity index (χ2v) is 8.24. The average molecular weight is 389 g/mol. The van der Waals surface area contributed by atoms with Crippen molar-refractivity contribution in [3.63, 3.8) is 0 Å². The number of amides is 1. The number of benzene rings is 2. The predicted octanol–water partition coefficient (Wildman–Crippen LogP) is 3.28.